The summed E-state index contributed by atoms with van der Waals surface area (Å²) in [4.78, 5) is 12.3. The Hall–Kier alpha value is -2.32. The number of nitrogens with zero attached hydrogens (tertiary/aromatic N) is 2. The molecule has 1 amide bonds. The minimum Gasteiger partial charge on any atom is -0.484 e. The van der Waals surface area contributed by atoms with Crippen LogP contribution in [0.4, 0.5) is 5.69 Å². The molecule has 162 valence electrons. The summed E-state index contributed by atoms with van der Waals surface area (Å²) in [5.41, 5.74) is 5.81. The van der Waals surface area contributed by atoms with Gasteiger partial charge in [0.25, 0.3) is 11.1 Å². The molecule has 2 aromatic carbocycles. The summed E-state index contributed by atoms with van der Waals surface area (Å²) >= 11 is 4.69. The number of fused-ring (bicyclic) bond motifs is 1. The fourth-order valence-electron chi connectivity index (χ4n) is 3.49. The Morgan fingerprint density at radius 1 is 1.13 bits per heavy atom. The van der Waals surface area contributed by atoms with Gasteiger partial charge < -0.3 is 14.5 Å². The molecule has 1 heterocycles. The smallest absolute Gasteiger partial charge is 0.277 e. The second kappa shape index (κ2) is 9.87. The van der Waals surface area contributed by atoms with E-state index in [1.807, 2.05) is 32.0 Å². The van der Waals surface area contributed by atoms with Crippen molar-refractivity contribution in [2.24, 2.45) is 0 Å². The molecule has 0 unspecified atom stereocenters. The number of benzene rings is 2. The Balaban J connectivity index is 1.27. The molecule has 0 saturated carbocycles. The number of hydrogen-bond acceptors (Lipinski definition) is 6. The number of anilines is 1. The van der Waals surface area contributed by atoms with Crippen molar-refractivity contribution in [3.8, 4) is 5.75 Å². The van der Waals surface area contributed by atoms with Crippen molar-refractivity contribution in [3.63, 3.8) is 0 Å². The van der Waals surface area contributed by atoms with E-state index in [9.17, 15) is 4.79 Å². The number of carbonyl (C=O) groups excluding carboxylic acids is 1. The monoisotopic (exact) mass is 501 g/mol. The number of thioether (sulfide) groups is 1. The van der Waals surface area contributed by atoms with E-state index < -0.39 is 0 Å². The van der Waals surface area contributed by atoms with Crippen LogP contribution in [-0.2, 0) is 24.2 Å². The maximum Gasteiger partial charge on any atom is 0.277 e. The minimum atomic E-state index is -0.140. The largest absolute Gasteiger partial charge is 0.484 e. The van der Waals surface area contributed by atoms with Crippen LogP contribution in [-0.4, -0.2) is 21.9 Å². The maximum atomic E-state index is 12.3. The average Bonchev–Trinajstić information content (AvgIpc) is 3.22. The summed E-state index contributed by atoms with van der Waals surface area (Å²) in [6.45, 7) is 4.25. The van der Waals surface area contributed by atoms with Gasteiger partial charge in [-0.1, -0.05) is 17.8 Å². The molecule has 1 N–H and O–H groups in total. The van der Waals surface area contributed by atoms with Crippen molar-refractivity contribution in [1.82, 2.24) is 10.2 Å². The maximum absolute atomic E-state index is 12.3. The first-order valence-electron chi connectivity index (χ1n) is 10.2. The van der Waals surface area contributed by atoms with Crippen molar-refractivity contribution in [2.45, 2.75) is 51.4 Å². The van der Waals surface area contributed by atoms with Gasteiger partial charge in [-0.25, -0.2) is 0 Å². The molecule has 0 atom stereocenters. The number of ether oxygens (including phenoxy) is 1. The van der Waals surface area contributed by atoms with Crippen molar-refractivity contribution in [2.75, 3.05) is 11.1 Å². The number of aryl methyl sites for hydroxylation is 4. The number of aromatic nitrogens is 2. The van der Waals surface area contributed by atoms with Crippen LogP contribution in [0.25, 0.3) is 0 Å². The van der Waals surface area contributed by atoms with E-state index in [1.54, 1.807) is 0 Å². The van der Waals surface area contributed by atoms with Gasteiger partial charge in [0.2, 0.25) is 5.91 Å². The van der Waals surface area contributed by atoms with E-state index in [-0.39, 0.29) is 18.3 Å². The lowest BCUT2D eigenvalue weighted by Crippen LogP contribution is -2.14. The van der Waals surface area contributed by atoms with E-state index >= 15 is 0 Å². The Labute approximate surface area is 194 Å². The first-order chi connectivity index (χ1) is 15.0. The minimum absolute atomic E-state index is 0.140. The van der Waals surface area contributed by atoms with Crippen LogP contribution in [0.1, 0.15) is 41.0 Å². The number of carbonyl (C=O) groups is 1. The summed E-state index contributed by atoms with van der Waals surface area (Å²) in [6.07, 6.45) is 4.74. The lowest BCUT2D eigenvalue weighted by Gasteiger charge is -2.16. The Kier molecular flexibility index (Phi) is 6.97. The van der Waals surface area contributed by atoms with Gasteiger partial charge in [-0.3, -0.25) is 4.79 Å². The molecule has 8 heteroatoms. The molecular weight excluding hydrogens is 478 g/mol. The molecule has 0 spiro atoms. The van der Waals surface area contributed by atoms with E-state index in [4.69, 9.17) is 9.15 Å². The highest BCUT2D eigenvalue weighted by molar-refractivity contribution is 9.10. The van der Waals surface area contributed by atoms with E-state index in [0.29, 0.717) is 11.1 Å². The molecular formula is C23H24BrN3O3S. The zero-order valence-electron chi connectivity index (χ0n) is 17.5. The molecule has 0 bridgehead atoms. The molecule has 3 aromatic rings. The number of halogens is 1. The first kappa shape index (κ1) is 21.9. The zero-order chi connectivity index (χ0) is 21.8. The van der Waals surface area contributed by atoms with E-state index in [0.717, 1.165) is 39.9 Å². The topological polar surface area (TPSA) is 77.2 Å². The number of hydrogen-bond donors (Lipinski definition) is 1. The van der Waals surface area contributed by atoms with Crippen LogP contribution in [0.15, 0.2) is 44.4 Å². The molecule has 6 nitrogen and oxygen atoms in total. The molecule has 0 radical (unpaired) electrons. The fourth-order valence-corrected chi connectivity index (χ4v) is 4.63. The van der Waals surface area contributed by atoms with Crippen molar-refractivity contribution in [3.05, 3.63) is 62.9 Å². The van der Waals surface area contributed by atoms with Gasteiger partial charge in [0, 0.05) is 4.47 Å². The SMILES string of the molecule is Cc1cc(Br)c(NC(=O)CSc2nnc(COc3ccc4c(c3)CCCC4)o2)cc1C. The van der Waals surface area contributed by atoms with Gasteiger partial charge in [-0.15, -0.1) is 10.2 Å². The standard InChI is InChI=1S/C23H24BrN3O3S/c1-14-9-19(24)20(10-15(14)2)25-21(28)13-31-23-27-26-22(30-23)12-29-18-8-7-16-5-3-4-6-17(16)11-18/h7-11H,3-6,12-13H2,1-2H3,(H,25,28). The second-order valence-corrected chi connectivity index (χ2v) is 9.42. The van der Waals surface area contributed by atoms with Crippen molar-refractivity contribution < 1.29 is 13.9 Å². The molecule has 1 aliphatic carbocycles. The highest BCUT2D eigenvalue weighted by Crippen LogP contribution is 2.27. The molecule has 4 rings (SSSR count). The van der Waals surface area contributed by atoms with Crippen LogP contribution in [0.3, 0.4) is 0 Å². The third-order valence-corrected chi connectivity index (χ3v) is 6.79. The predicted molar refractivity (Wildman–Crippen MR) is 125 cm³/mol. The molecule has 1 aromatic heterocycles. The summed E-state index contributed by atoms with van der Waals surface area (Å²) in [5.74, 6) is 1.23. The highest BCUT2D eigenvalue weighted by atomic mass is 79.9. The van der Waals surface area contributed by atoms with Crippen LogP contribution in [0.5, 0.6) is 5.75 Å². The van der Waals surface area contributed by atoms with Gasteiger partial charge in [0.15, 0.2) is 6.61 Å². The summed E-state index contributed by atoms with van der Waals surface area (Å²) in [7, 11) is 0. The summed E-state index contributed by atoms with van der Waals surface area (Å²) < 4.78 is 12.3. The lowest BCUT2D eigenvalue weighted by atomic mass is 9.92. The summed E-state index contributed by atoms with van der Waals surface area (Å²) in [5, 5.41) is 11.3. The van der Waals surface area contributed by atoms with Crippen LogP contribution < -0.4 is 10.1 Å². The van der Waals surface area contributed by atoms with Gasteiger partial charge >= 0.3 is 0 Å². The molecule has 31 heavy (non-hydrogen) atoms. The highest BCUT2D eigenvalue weighted by Gasteiger charge is 2.13. The van der Waals surface area contributed by atoms with E-state index in [2.05, 4.69) is 43.6 Å². The Bertz CT molecular complexity index is 1100. The van der Waals surface area contributed by atoms with E-state index in [1.165, 1.54) is 35.7 Å². The van der Waals surface area contributed by atoms with Crippen LogP contribution in [0.2, 0.25) is 0 Å². The fraction of sp³-hybridized carbons (Fsp3) is 0.348. The average molecular weight is 502 g/mol. The second-order valence-electron chi connectivity index (χ2n) is 7.64. The number of rotatable bonds is 7. The normalized spacial score (nSPS) is 13.0. The zero-order valence-corrected chi connectivity index (χ0v) is 19.9. The molecule has 0 saturated heterocycles. The first-order valence-corrected chi connectivity index (χ1v) is 12.0. The molecule has 0 fully saturated rings. The Morgan fingerprint density at radius 3 is 2.74 bits per heavy atom. The van der Waals surface area contributed by atoms with Gasteiger partial charge in [-0.2, -0.15) is 0 Å². The van der Waals surface area contributed by atoms with Crippen molar-refractivity contribution in [1.29, 1.82) is 0 Å². The van der Waals surface area contributed by atoms with Crippen LogP contribution >= 0.6 is 27.7 Å². The van der Waals surface area contributed by atoms with Crippen LogP contribution in [0, 0.1) is 13.8 Å². The predicted octanol–water partition coefficient (Wildman–Crippen LogP) is 5.64. The quantitative estimate of drug-likeness (QED) is 0.422. The summed E-state index contributed by atoms with van der Waals surface area (Å²) in [6, 6.07) is 10.2. The molecule has 0 aliphatic heterocycles. The third-order valence-electron chi connectivity index (χ3n) is 5.31. The Morgan fingerprint density at radius 2 is 1.90 bits per heavy atom. The van der Waals surface area contributed by atoms with Gasteiger partial charge in [0.1, 0.15) is 5.75 Å². The van der Waals surface area contributed by atoms with Crippen molar-refractivity contribution >= 4 is 39.3 Å². The number of nitrogens with one attached hydrogen (secondary N) is 1. The van der Waals surface area contributed by atoms with Gasteiger partial charge in [-0.05, 0) is 102 Å². The molecule has 1 aliphatic rings. The van der Waals surface area contributed by atoms with Gasteiger partial charge in [0.05, 0.1) is 11.4 Å². The lowest BCUT2D eigenvalue weighted by molar-refractivity contribution is -0.113. The third kappa shape index (κ3) is 5.68. The number of amides is 1.